The SMILES string of the molecule is N#CC(Br)c1ccc2c(c1)OCO2. The Morgan fingerprint density at radius 3 is 2.92 bits per heavy atom. The maximum atomic E-state index is 8.67. The third-order valence-electron chi connectivity index (χ3n) is 1.80. The summed E-state index contributed by atoms with van der Waals surface area (Å²) >= 11 is 3.24. The minimum atomic E-state index is -0.290. The Morgan fingerprint density at radius 1 is 1.38 bits per heavy atom. The zero-order valence-corrected chi connectivity index (χ0v) is 8.24. The van der Waals surface area contributed by atoms with E-state index in [9.17, 15) is 0 Å². The van der Waals surface area contributed by atoms with Crippen LogP contribution in [-0.2, 0) is 0 Å². The van der Waals surface area contributed by atoms with Crippen molar-refractivity contribution >= 4 is 15.9 Å². The predicted molar refractivity (Wildman–Crippen MR) is 49.8 cm³/mol. The molecule has 0 bridgehead atoms. The van der Waals surface area contributed by atoms with Gasteiger partial charge in [-0.25, -0.2) is 0 Å². The van der Waals surface area contributed by atoms with Crippen molar-refractivity contribution in [2.24, 2.45) is 0 Å². The molecule has 0 fully saturated rings. The fourth-order valence-electron chi connectivity index (χ4n) is 1.15. The van der Waals surface area contributed by atoms with E-state index in [0.717, 1.165) is 11.3 Å². The Balaban J connectivity index is 2.37. The van der Waals surface area contributed by atoms with Crippen LogP contribution in [-0.4, -0.2) is 6.79 Å². The van der Waals surface area contributed by atoms with Gasteiger partial charge < -0.3 is 9.47 Å². The summed E-state index contributed by atoms with van der Waals surface area (Å²) in [7, 11) is 0. The highest BCUT2D eigenvalue weighted by Crippen LogP contribution is 2.35. The number of halogens is 1. The van der Waals surface area contributed by atoms with Crippen LogP contribution in [0.15, 0.2) is 18.2 Å². The van der Waals surface area contributed by atoms with E-state index in [4.69, 9.17) is 14.7 Å². The van der Waals surface area contributed by atoms with Crippen molar-refractivity contribution in [2.75, 3.05) is 6.79 Å². The van der Waals surface area contributed by atoms with Crippen LogP contribution in [0.3, 0.4) is 0 Å². The van der Waals surface area contributed by atoms with Crippen LogP contribution < -0.4 is 9.47 Å². The summed E-state index contributed by atoms with van der Waals surface area (Å²) in [5.41, 5.74) is 0.881. The van der Waals surface area contributed by atoms with E-state index in [1.807, 2.05) is 18.2 Å². The molecule has 1 aliphatic rings. The molecular formula is C9H6BrNO2. The number of ether oxygens (including phenoxy) is 2. The van der Waals surface area contributed by atoms with E-state index in [1.165, 1.54) is 0 Å². The van der Waals surface area contributed by atoms with E-state index < -0.39 is 0 Å². The van der Waals surface area contributed by atoms with Gasteiger partial charge in [0.1, 0.15) is 4.83 Å². The molecular weight excluding hydrogens is 234 g/mol. The highest BCUT2D eigenvalue weighted by atomic mass is 79.9. The summed E-state index contributed by atoms with van der Waals surface area (Å²) in [4.78, 5) is -0.290. The summed E-state index contributed by atoms with van der Waals surface area (Å²) < 4.78 is 10.3. The third-order valence-corrected chi connectivity index (χ3v) is 2.54. The zero-order valence-electron chi connectivity index (χ0n) is 6.66. The van der Waals surface area contributed by atoms with Crippen LogP contribution in [0.1, 0.15) is 10.4 Å². The lowest BCUT2D eigenvalue weighted by Crippen LogP contribution is -1.93. The Bertz CT molecular complexity index is 372. The largest absolute Gasteiger partial charge is 0.454 e. The average Bonchev–Trinajstić information content (AvgIpc) is 2.63. The molecule has 1 atom stereocenters. The number of hydrogen-bond acceptors (Lipinski definition) is 3. The highest BCUT2D eigenvalue weighted by molar-refractivity contribution is 9.09. The second kappa shape index (κ2) is 3.27. The summed E-state index contributed by atoms with van der Waals surface area (Å²) in [5, 5.41) is 8.67. The minimum absolute atomic E-state index is 0.262. The topological polar surface area (TPSA) is 42.2 Å². The molecule has 0 aliphatic carbocycles. The Hall–Kier alpha value is -1.21. The second-order valence-corrected chi connectivity index (χ2v) is 3.52. The van der Waals surface area contributed by atoms with Gasteiger partial charge in [0.25, 0.3) is 0 Å². The zero-order chi connectivity index (χ0) is 9.26. The summed E-state index contributed by atoms with van der Waals surface area (Å²) in [5.74, 6) is 1.44. The van der Waals surface area contributed by atoms with Crippen LogP contribution in [0.4, 0.5) is 0 Å². The maximum absolute atomic E-state index is 8.67. The lowest BCUT2D eigenvalue weighted by Gasteiger charge is -2.01. The molecule has 0 spiro atoms. The van der Waals surface area contributed by atoms with Gasteiger partial charge in [0.05, 0.1) is 6.07 Å². The third kappa shape index (κ3) is 1.47. The van der Waals surface area contributed by atoms with E-state index in [1.54, 1.807) is 0 Å². The van der Waals surface area contributed by atoms with Crippen molar-refractivity contribution in [3.05, 3.63) is 23.8 Å². The fraction of sp³-hybridized carbons (Fsp3) is 0.222. The molecule has 0 radical (unpaired) electrons. The van der Waals surface area contributed by atoms with E-state index in [-0.39, 0.29) is 11.6 Å². The summed E-state index contributed by atoms with van der Waals surface area (Å²) in [6.45, 7) is 0.262. The van der Waals surface area contributed by atoms with Gasteiger partial charge in [-0.3, -0.25) is 0 Å². The highest BCUT2D eigenvalue weighted by Gasteiger charge is 2.15. The average molecular weight is 240 g/mol. The quantitative estimate of drug-likeness (QED) is 0.707. The molecule has 0 N–H and O–H groups in total. The molecule has 1 unspecified atom stereocenters. The van der Waals surface area contributed by atoms with Gasteiger partial charge in [-0.05, 0) is 17.7 Å². The molecule has 0 aromatic heterocycles. The van der Waals surface area contributed by atoms with Crippen molar-refractivity contribution in [2.45, 2.75) is 4.83 Å². The van der Waals surface area contributed by atoms with Gasteiger partial charge in [0.2, 0.25) is 6.79 Å². The Morgan fingerprint density at radius 2 is 2.15 bits per heavy atom. The number of hydrogen-bond donors (Lipinski definition) is 0. The van der Waals surface area contributed by atoms with Crippen LogP contribution in [0.2, 0.25) is 0 Å². The molecule has 1 aromatic carbocycles. The predicted octanol–water partition coefficient (Wildman–Crippen LogP) is 2.37. The van der Waals surface area contributed by atoms with Crippen LogP contribution in [0, 0.1) is 11.3 Å². The number of fused-ring (bicyclic) bond motifs is 1. The van der Waals surface area contributed by atoms with E-state index >= 15 is 0 Å². The maximum Gasteiger partial charge on any atom is 0.231 e. The molecule has 1 aromatic rings. The van der Waals surface area contributed by atoms with E-state index in [2.05, 4.69) is 22.0 Å². The van der Waals surface area contributed by atoms with Crippen molar-refractivity contribution in [1.29, 1.82) is 5.26 Å². The minimum Gasteiger partial charge on any atom is -0.454 e. The molecule has 0 saturated carbocycles. The van der Waals surface area contributed by atoms with Gasteiger partial charge in [0, 0.05) is 0 Å². The van der Waals surface area contributed by atoms with Gasteiger partial charge >= 0.3 is 0 Å². The van der Waals surface area contributed by atoms with Crippen molar-refractivity contribution in [1.82, 2.24) is 0 Å². The standard InChI is InChI=1S/C9H6BrNO2/c10-7(4-11)6-1-2-8-9(3-6)13-5-12-8/h1-3,7H,5H2. The fourth-order valence-corrected chi connectivity index (χ4v) is 1.43. The first-order chi connectivity index (χ1) is 6.31. The summed E-state index contributed by atoms with van der Waals surface area (Å²) in [6, 6.07) is 7.56. The molecule has 66 valence electrons. The first-order valence-corrected chi connectivity index (χ1v) is 4.66. The summed E-state index contributed by atoms with van der Waals surface area (Å²) in [6.07, 6.45) is 0. The first kappa shape index (κ1) is 8.39. The number of alkyl halides is 1. The van der Waals surface area contributed by atoms with E-state index in [0.29, 0.717) is 5.75 Å². The van der Waals surface area contributed by atoms with Gasteiger partial charge in [-0.15, -0.1) is 0 Å². The monoisotopic (exact) mass is 239 g/mol. The Kier molecular flexibility index (Phi) is 2.11. The lowest BCUT2D eigenvalue weighted by atomic mass is 10.1. The number of nitrogens with zero attached hydrogens (tertiary/aromatic N) is 1. The van der Waals surface area contributed by atoms with Gasteiger partial charge in [-0.1, -0.05) is 22.0 Å². The molecule has 1 heterocycles. The van der Waals surface area contributed by atoms with Crippen LogP contribution in [0.5, 0.6) is 11.5 Å². The molecule has 1 aliphatic heterocycles. The Labute approximate surface area is 84.0 Å². The van der Waals surface area contributed by atoms with Gasteiger partial charge in [-0.2, -0.15) is 5.26 Å². The number of nitriles is 1. The van der Waals surface area contributed by atoms with Crippen molar-refractivity contribution in [3.8, 4) is 17.6 Å². The van der Waals surface area contributed by atoms with Crippen LogP contribution in [0.25, 0.3) is 0 Å². The van der Waals surface area contributed by atoms with Crippen LogP contribution >= 0.6 is 15.9 Å². The normalized spacial score (nSPS) is 15.1. The smallest absolute Gasteiger partial charge is 0.231 e. The van der Waals surface area contributed by atoms with Crippen molar-refractivity contribution in [3.63, 3.8) is 0 Å². The molecule has 0 amide bonds. The molecule has 2 rings (SSSR count). The van der Waals surface area contributed by atoms with Gasteiger partial charge in [0.15, 0.2) is 11.5 Å². The first-order valence-electron chi connectivity index (χ1n) is 3.74. The van der Waals surface area contributed by atoms with Crippen molar-refractivity contribution < 1.29 is 9.47 Å². The second-order valence-electron chi connectivity index (χ2n) is 2.60. The molecule has 0 saturated heterocycles. The molecule has 4 heteroatoms. The molecule has 13 heavy (non-hydrogen) atoms. The molecule has 3 nitrogen and oxygen atoms in total. The number of benzene rings is 1. The lowest BCUT2D eigenvalue weighted by molar-refractivity contribution is 0.174. The number of rotatable bonds is 1.